The third kappa shape index (κ3) is 2.12. The van der Waals surface area contributed by atoms with Gasteiger partial charge in [0.1, 0.15) is 5.75 Å². The molecule has 1 saturated carbocycles. The van der Waals surface area contributed by atoms with Crippen molar-refractivity contribution in [3.05, 3.63) is 29.3 Å². The maximum absolute atomic E-state index is 6.56. The Morgan fingerprint density at radius 2 is 2.28 bits per heavy atom. The summed E-state index contributed by atoms with van der Waals surface area (Å²) >= 11 is 6.56. The van der Waals surface area contributed by atoms with Crippen molar-refractivity contribution in [3.8, 4) is 5.75 Å². The number of hydrogen-bond acceptors (Lipinski definition) is 2. The molecule has 0 amide bonds. The summed E-state index contributed by atoms with van der Waals surface area (Å²) in [5.74, 6) is 1.02. The van der Waals surface area contributed by atoms with Crippen LogP contribution in [0, 0.1) is 0 Å². The molecule has 1 aromatic rings. The predicted octanol–water partition coefficient (Wildman–Crippen LogP) is 3.86. The zero-order valence-electron chi connectivity index (χ0n) is 10.7. The molecule has 1 aromatic carbocycles. The lowest BCUT2D eigenvalue weighted by Gasteiger charge is -2.41. The zero-order valence-corrected chi connectivity index (χ0v) is 11.5. The minimum atomic E-state index is 0.0297. The van der Waals surface area contributed by atoms with Gasteiger partial charge in [-0.3, -0.25) is 0 Å². The van der Waals surface area contributed by atoms with Gasteiger partial charge in [0.25, 0.3) is 0 Å². The molecule has 0 saturated heterocycles. The van der Waals surface area contributed by atoms with Gasteiger partial charge in [-0.2, -0.15) is 0 Å². The van der Waals surface area contributed by atoms with Crippen LogP contribution in [0.1, 0.15) is 42.2 Å². The van der Waals surface area contributed by atoms with Crippen LogP contribution in [0.5, 0.6) is 5.75 Å². The van der Waals surface area contributed by atoms with Crippen molar-refractivity contribution in [1.29, 1.82) is 0 Å². The molecule has 0 radical (unpaired) electrons. The maximum Gasteiger partial charge on any atom is 0.122 e. The summed E-state index contributed by atoms with van der Waals surface area (Å²) in [7, 11) is 1.80. The standard InChI is InChI=1S/C15H19ClO2/c1-17-15(6-2-7-15)10-13(16)11-3-4-14-12(9-11)5-8-18-14/h3-4,9,13H,2,5-8,10H2,1H3. The van der Waals surface area contributed by atoms with Crippen molar-refractivity contribution in [3.63, 3.8) is 0 Å². The fraction of sp³-hybridized carbons (Fsp3) is 0.600. The topological polar surface area (TPSA) is 18.5 Å². The third-order valence-corrected chi connectivity index (χ3v) is 4.73. The Morgan fingerprint density at radius 1 is 1.44 bits per heavy atom. The van der Waals surface area contributed by atoms with Crippen LogP contribution in [-0.2, 0) is 11.2 Å². The van der Waals surface area contributed by atoms with E-state index in [1.54, 1.807) is 7.11 Å². The summed E-state index contributed by atoms with van der Waals surface area (Å²) in [6.45, 7) is 0.799. The van der Waals surface area contributed by atoms with Crippen molar-refractivity contribution in [1.82, 2.24) is 0 Å². The molecular weight excluding hydrogens is 248 g/mol. The maximum atomic E-state index is 6.56. The van der Waals surface area contributed by atoms with E-state index < -0.39 is 0 Å². The van der Waals surface area contributed by atoms with Crippen molar-refractivity contribution in [2.24, 2.45) is 0 Å². The molecule has 2 aliphatic rings. The number of hydrogen-bond donors (Lipinski definition) is 0. The van der Waals surface area contributed by atoms with Gasteiger partial charge in [0.2, 0.25) is 0 Å². The fourth-order valence-electron chi connectivity index (χ4n) is 2.91. The number of ether oxygens (including phenoxy) is 2. The Kier molecular flexibility index (Phi) is 3.25. The number of benzene rings is 1. The molecule has 3 rings (SSSR count). The largest absolute Gasteiger partial charge is 0.493 e. The Morgan fingerprint density at radius 3 is 2.94 bits per heavy atom. The summed E-state index contributed by atoms with van der Waals surface area (Å²) in [5, 5.41) is 0.0381. The van der Waals surface area contributed by atoms with Crippen LogP contribution in [0.2, 0.25) is 0 Å². The normalized spacial score (nSPS) is 21.9. The second kappa shape index (κ2) is 4.75. The van der Waals surface area contributed by atoms with Gasteiger partial charge in [-0.05, 0) is 42.9 Å². The van der Waals surface area contributed by atoms with Crippen molar-refractivity contribution in [2.45, 2.75) is 43.1 Å². The smallest absolute Gasteiger partial charge is 0.122 e. The van der Waals surface area contributed by atoms with E-state index in [9.17, 15) is 0 Å². The van der Waals surface area contributed by atoms with Crippen LogP contribution in [0.25, 0.3) is 0 Å². The first-order chi connectivity index (χ1) is 8.72. The molecule has 98 valence electrons. The SMILES string of the molecule is COC1(CC(Cl)c2ccc3c(c2)CCO3)CCC1. The lowest BCUT2D eigenvalue weighted by atomic mass is 9.76. The van der Waals surface area contributed by atoms with Crippen LogP contribution < -0.4 is 4.74 Å². The lowest BCUT2D eigenvalue weighted by Crippen LogP contribution is -2.39. The van der Waals surface area contributed by atoms with E-state index in [1.165, 1.54) is 17.5 Å². The first-order valence-electron chi connectivity index (χ1n) is 6.67. The van der Waals surface area contributed by atoms with Crippen LogP contribution in [0.3, 0.4) is 0 Å². The number of alkyl halides is 1. The van der Waals surface area contributed by atoms with Gasteiger partial charge in [0, 0.05) is 13.5 Å². The van der Waals surface area contributed by atoms with Crippen molar-refractivity contribution >= 4 is 11.6 Å². The Bertz CT molecular complexity index is 435. The van der Waals surface area contributed by atoms with Crippen LogP contribution >= 0.6 is 11.6 Å². The monoisotopic (exact) mass is 266 g/mol. The van der Waals surface area contributed by atoms with Gasteiger partial charge >= 0.3 is 0 Å². The molecular formula is C15H19ClO2. The molecule has 1 fully saturated rings. The van der Waals surface area contributed by atoms with E-state index >= 15 is 0 Å². The van der Waals surface area contributed by atoms with Crippen LogP contribution in [-0.4, -0.2) is 19.3 Å². The Labute approximate surface area is 113 Å². The molecule has 1 unspecified atom stereocenters. The molecule has 3 heteroatoms. The zero-order chi connectivity index (χ0) is 12.6. The number of fused-ring (bicyclic) bond motifs is 1. The fourth-order valence-corrected chi connectivity index (χ4v) is 3.33. The lowest BCUT2D eigenvalue weighted by molar-refractivity contribution is -0.0780. The van der Waals surface area contributed by atoms with E-state index in [2.05, 4.69) is 12.1 Å². The molecule has 0 spiro atoms. The van der Waals surface area contributed by atoms with E-state index in [1.807, 2.05) is 6.07 Å². The molecule has 1 heterocycles. The minimum Gasteiger partial charge on any atom is -0.493 e. The van der Waals surface area contributed by atoms with Crippen LogP contribution in [0.4, 0.5) is 0 Å². The van der Waals surface area contributed by atoms with E-state index in [0.29, 0.717) is 0 Å². The van der Waals surface area contributed by atoms with Gasteiger partial charge < -0.3 is 9.47 Å². The quantitative estimate of drug-likeness (QED) is 0.771. The molecule has 18 heavy (non-hydrogen) atoms. The number of methoxy groups -OCH3 is 1. The molecule has 1 atom stereocenters. The summed E-state index contributed by atoms with van der Waals surface area (Å²) < 4.78 is 11.2. The molecule has 0 N–H and O–H groups in total. The van der Waals surface area contributed by atoms with Crippen molar-refractivity contribution < 1.29 is 9.47 Å². The number of halogens is 1. The van der Waals surface area contributed by atoms with E-state index in [4.69, 9.17) is 21.1 Å². The van der Waals surface area contributed by atoms with Gasteiger partial charge in [0.05, 0.1) is 17.6 Å². The highest BCUT2D eigenvalue weighted by Crippen LogP contribution is 2.44. The minimum absolute atomic E-state index is 0.0297. The summed E-state index contributed by atoms with van der Waals surface area (Å²) in [5.41, 5.74) is 2.52. The average molecular weight is 267 g/mol. The molecule has 1 aliphatic heterocycles. The number of rotatable bonds is 4. The summed E-state index contributed by atoms with van der Waals surface area (Å²) in [4.78, 5) is 0. The average Bonchev–Trinajstić information content (AvgIpc) is 2.80. The van der Waals surface area contributed by atoms with E-state index in [-0.39, 0.29) is 11.0 Å². The first-order valence-corrected chi connectivity index (χ1v) is 7.11. The highest BCUT2D eigenvalue weighted by atomic mass is 35.5. The second-order valence-electron chi connectivity index (χ2n) is 5.38. The predicted molar refractivity (Wildman–Crippen MR) is 72.4 cm³/mol. The van der Waals surface area contributed by atoms with E-state index in [0.717, 1.165) is 38.0 Å². The van der Waals surface area contributed by atoms with Gasteiger partial charge in [0.15, 0.2) is 0 Å². The molecule has 2 nitrogen and oxygen atoms in total. The summed E-state index contributed by atoms with van der Waals surface area (Å²) in [6.07, 6.45) is 5.45. The summed E-state index contributed by atoms with van der Waals surface area (Å²) in [6, 6.07) is 6.33. The third-order valence-electron chi connectivity index (χ3n) is 4.32. The second-order valence-corrected chi connectivity index (χ2v) is 5.90. The van der Waals surface area contributed by atoms with Gasteiger partial charge in [-0.1, -0.05) is 12.1 Å². The van der Waals surface area contributed by atoms with Gasteiger partial charge in [-0.25, -0.2) is 0 Å². The Balaban J connectivity index is 1.74. The highest BCUT2D eigenvalue weighted by Gasteiger charge is 2.39. The highest BCUT2D eigenvalue weighted by molar-refractivity contribution is 6.20. The van der Waals surface area contributed by atoms with Crippen molar-refractivity contribution in [2.75, 3.05) is 13.7 Å². The molecule has 0 bridgehead atoms. The molecule has 1 aliphatic carbocycles. The Hall–Kier alpha value is -0.730. The van der Waals surface area contributed by atoms with Gasteiger partial charge in [-0.15, -0.1) is 11.6 Å². The van der Waals surface area contributed by atoms with Crippen LogP contribution in [0.15, 0.2) is 18.2 Å². The first kappa shape index (κ1) is 12.3. The molecule has 0 aromatic heterocycles.